The van der Waals surface area contributed by atoms with E-state index >= 15 is 0 Å². The van der Waals surface area contributed by atoms with Crippen LogP contribution in [0, 0.1) is 24.7 Å². The van der Waals surface area contributed by atoms with Crippen molar-refractivity contribution >= 4 is 11.7 Å². The number of carbonyl (C=O) groups is 1. The summed E-state index contributed by atoms with van der Waals surface area (Å²) in [4.78, 5) is 14.5. The van der Waals surface area contributed by atoms with Gasteiger partial charge >= 0.3 is 0 Å². The summed E-state index contributed by atoms with van der Waals surface area (Å²) in [6.07, 6.45) is 0.848. The van der Waals surface area contributed by atoms with E-state index in [1.54, 1.807) is 0 Å². The van der Waals surface area contributed by atoms with Gasteiger partial charge in [0.15, 0.2) is 0 Å². The highest BCUT2D eigenvalue weighted by Crippen LogP contribution is 2.41. The normalized spacial score (nSPS) is 34.6. The van der Waals surface area contributed by atoms with Crippen molar-refractivity contribution in [2.75, 3.05) is 18.4 Å². The summed E-state index contributed by atoms with van der Waals surface area (Å²) < 4.78 is 28.6. The van der Waals surface area contributed by atoms with E-state index in [0.29, 0.717) is 24.7 Å². The first-order chi connectivity index (χ1) is 11.9. The van der Waals surface area contributed by atoms with Crippen LogP contribution in [0.2, 0.25) is 0 Å². The van der Waals surface area contributed by atoms with Crippen molar-refractivity contribution in [2.45, 2.75) is 58.0 Å². The fourth-order valence-electron chi connectivity index (χ4n) is 4.45. The number of nitrogens with one attached hydrogen (secondary N) is 1. The molecule has 2 fully saturated rings. The fourth-order valence-corrected chi connectivity index (χ4v) is 4.45. The van der Waals surface area contributed by atoms with Crippen LogP contribution < -0.4 is 5.32 Å². The summed E-state index contributed by atoms with van der Waals surface area (Å²) in [5.74, 6) is 1.85. The number of likely N-dealkylation sites (tertiary alicyclic amines) is 1. The van der Waals surface area contributed by atoms with Gasteiger partial charge in [0.2, 0.25) is 5.91 Å². The molecule has 5 nitrogen and oxygen atoms in total. The summed E-state index contributed by atoms with van der Waals surface area (Å²) in [6, 6.07) is 0.915. The number of amides is 1. The lowest BCUT2D eigenvalue weighted by Gasteiger charge is -2.41. The first kappa shape index (κ1) is 16.8. The third kappa shape index (κ3) is 3.13. The molecule has 0 radical (unpaired) electrons. The molecule has 2 aliphatic heterocycles. The number of hydrogen-bond acceptors (Lipinski definition) is 3. The van der Waals surface area contributed by atoms with Gasteiger partial charge in [-0.25, -0.2) is 13.5 Å². The molecule has 0 aromatic carbocycles. The molecule has 25 heavy (non-hydrogen) atoms. The van der Waals surface area contributed by atoms with Crippen LogP contribution in [0.5, 0.6) is 0 Å². The quantitative estimate of drug-likeness (QED) is 0.910. The number of alkyl halides is 2. The smallest absolute Gasteiger partial charge is 0.260 e. The topological polar surface area (TPSA) is 50.2 Å². The number of nitrogens with zero attached hydrogens (tertiary/aromatic N) is 3. The lowest BCUT2D eigenvalue weighted by atomic mass is 9.85. The second-order valence-corrected chi connectivity index (χ2v) is 8.01. The Bertz CT molecular complexity index is 662. The Labute approximate surface area is 146 Å². The molecule has 1 N–H and O–H groups in total. The molecule has 5 atom stereocenters. The van der Waals surface area contributed by atoms with Gasteiger partial charge in [-0.15, -0.1) is 0 Å². The summed E-state index contributed by atoms with van der Waals surface area (Å²) >= 11 is 0. The summed E-state index contributed by atoms with van der Waals surface area (Å²) in [6.45, 7) is 5.43. The fraction of sp³-hybridized carbons (Fsp3) is 0.778. The van der Waals surface area contributed by atoms with Crippen LogP contribution in [0.3, 0.4) is 0 Å². The largest absolute Gasteiger partial charge is 0.367 e. The zero-order valence-corrected chi connectivity index (χ0v) is 14.8. The SMILES string of the molecule is Cc1cc2n(n1)[C@@H](C(F)F)C[C@@H]([C@@H]1CCCN(C(=O)[C@H]3C[C@@H]3C)C1)N2. The van der Waals surface area contributed by atoms with E-state index in [2.05, 4.69) is 17.3 Å². The standard InChI is InChI=1S/C18H26F2N4O/c1-10-6-13(10)18(25)23-5-3-4-12(9-23)14-8-15(17(19)20)24-16(21-14)7-11(2)22-24/h7,10,12-15,17,21H,3-6,8-9H2,1-2H3/t10-,12+,13-,14-,15+/m0/s1. The number of piperidine rings is 1. The van der Waals surface area contributed by atoms with Crippen molar-refractivity contribution in [3.63, 3.8) is 0 Å². The van der Waals surface area contributed by atoms with E-state index in [4.69, 9.17) is 0 Å². The Morgan fingerprint density at radius 1 is 1.40 bits per heavy atom. The van der Waals surface area contributed by atoms with E-state index in [0.717, 1.165) is 31.5 Å². The van der Waals surface area contributed by atoms with Crippen LogP contribution in [0.1, 0.15) is 44.3 Å². The molecule has 1 saturated heterocycles. The molecule has 0 unspecified atom stereocenters. The Hall–Kier alpha value is -1.66. The molecule has 0 spiro atoms. The first-order valence-corrected chi connectivity index (χ1v) is 9.33. The van der Waals surface area contributed by atoms with Crippen LogP contribution in [-0.4, -0.2) is 46.1 Å². The molecule has 138 valence electrons. The van der Waals surface area contributed by atoms with E-state index in [-0.39, 0.29) is 23.8 Å². The molecule has 3 aliphatic rings. The van der Waals surface area contributed by atoms with Gasteiger partial charge in [0.1, 0.15) is 11.9 Å². The van der Waals surface area contributed by atoms with Crippen molar-refractivity contribution < 1.29 is 13.6 Å². The van der Waals surface area contributed by atoms with E-state index in [9.17, 15) is 13.6 Å². The third-order valence-electron chi connectivity index (χ3n) is 6.06. The highest BCUT2D eigenvalue weighted by Gasteiger charge is 2.44. The number of hydrogen-bond donors (Lipinski definition) is 1. The lowest BCUT2D eigenvalue weighted by molar-refractivity contribution is -0.134. The Morgan fingerprint density at radius 2 is 2.16 bits per heavy atom. The van der Waals surface area contributed by atoms with Gasteiger partial charge < -0.3 is 10.2 Å². The van der Waals surface area contributed by atoms with E-state index in [1.165, 1.54) is 4.68 Å². The maximum absolute atomic E-state index is 13.6. The van der Waals surface area contributed by atoms with Gasteiger partial charge in [-0.1, -0.05) is 6.92 Å². The van der Waals surface area contributed by atoms with Gasteiger partial charge in [-0.2, -0.15) is 5.10 Å². The monoisotopic (exact) mass is 352 g/mol. The van der Waals surface area contributed by atoms with Crippen LogP contribution in [-0.2, 0) is 4.79 Å². The number of rotatable bonds is 3. The van der Waals surface area contributed by atoms with Gasteiger partial charge in [0.25, 0.3) is 6.43 Å². The first-order valence-electron chi connectivity index (χ1n) is 9.33. The average molecular weight is 352 g/mol. The third-order valence-corrected chi connectivity index (χ3v) is 6.06. The second kappa shape index (κ2) is 6.25. The van der Waals surface area contributed by atoms with Gasteiger partial charge in [-0.3, -0.25) is 4.79 Å². The minimum atomic E-state index is -2.43. The van der Waals surface area contributed by atoms with Crippen molar-refractivity contribution in [3.05, 3.63) is 11.8 Å². The Morgan fingerprint density at radius 3 is 2.84 bits per heavy atom. The minimum Gasteiger partial charge on any atom is -0.367 e. The molecule has 0 bridgehead atoms. The average Bonchev–Trinajstić information content (AvgIpc) is 3.19. The number of fused-ring (bicyclic) bond motifs is 1. The Balaban J connectivity index is 1.48. The highest BCUT2D eigenvalue weighted by molar-refractivity contribution is 5.81. The molecule has 3 heterocycles. The minimum absolute atomic E-state index is 0.0326. The molecule has 1 saturated carbocycles. The van der Waals surface area contributed by atoms with Crippen LogP contribution in [0.15, 0.2) is 6.07 Å². The molecule has 1 aromatic heterocycles. The van der Waals surface area contributed by atoms with Crippen molar-refractivity contribution in [1.82, 2.24) is 14.7 Å². The van der Waals surface area contributed by atoms with Gasteiger partial charge in [-0.05, 0) is 44.4 Å². The highest BCUT2D eigenvalue weighted by atomic mass is 19.3. The number of anilines is 1. The summed E-state index contributed by atoms with van der Waals surface area (Å²) in [5, 5.41) is 7.64. The molecular formula is C18H26F2N4O. The molecular weight excluding hydrogens is 326 g/mol. The molecule has 4 rings (SSSR count). The predicted octanol–water partition coefficient (Wildman–Crippen LogP) is 3.08. The number of carbonyl (C=O) groups excluding carboxylic acids is 1. The zero-order valence-electron chi connectivity index (χ0n) is 14.8. The predicted molar refractivity (Wildman–Crippen MR) is 90.6 cm³/mol. The van der Waals surface area contributed by atoms with Gasteiger partial charge in [0, 0.05) is 31.1 Å². The number of aromatic nitrogens is 2. The van der Waals surface area contributed by atoms with Crippen LogP contribution in [0.25, 0.3) is 0 Å². The van der Waals surface area contributed by atoms with Gasteiger partial charge in [0.05, 0.1) is 5.69 Å². The van der Waals surface area contributed by atoms with Crippen molar-refractivity contribution in [2.24, 2.45) is 17.8 Å². The number of aryl methyl sites for hydroxylation is 1. The molecule has 1 amide bonds. The van der Waals surface area contributed by atoms with Crippen LogP contribution >= 0.6 is 0 Å². The van der Waals surface area contributed by atoms with E-state index in [1.807, 2.05) is 17.9 Å². The van der Waals surface area contributed by atoms with E-state index < -0.39 is 12.5 Å². The summed E-state index contributed by atoms with van der Waals surface area (Å²) in [7, 11) is 0. The maximum Gasteiger partial charge on any atom is 0.260 e. The van der Waals surface area contributed by atoms with Crippen LogP contribution in [0.4, 0.5) is 14.6 Å². The van der Waals surface area contributed by atoms with Crippen molar-refractivity contribution in [1.29, 1.82) is 0 Å². The Kier molecular flexibility index (Phi) is 4.20. The molecule has 1 aromatic rings. The molecule has 1 aliphatic carbocycles. The lowest BCUT2D eigenvalue weighted by Crippen LogP contribution is -2.48. The number of halogens is 2. The van der Waals surface area contributed by atoms with Crippen molar-refractivity contribution in [3.8, 4) is 0 Å². The summed E-state index contributed by atoms with van der Waals surface area (Å²) in [5.41, 5.74) is 0.747. The zero-order chi connectivity index (χ0) is 17.7. The molecule has 7 heteroatoms. The second-order valence-electron chi connectivity index (χ2n) is 8.01. The maximum atomic E-state index is 13.6.